The first kappa shape index (κ1) is 19.8. The van der Waals surface area contributed by atoms with E-state index >= 15 is 0 Å². The largest absolute Gasteiger partial charge is 0.497 e. The first-order valence-electron chi connectivity index (χ1n) is 8.78. The molecule has 10 heteroatoms. The topological polar surface area (TPSA) is 81.4 Å². The molecule has 1 N–H and O–H groups in total. The molecule has 0 unspecified atom stereocenters. The van der Waals surface area contributed by atoms with Crippen molar-refractivity contribution in [2.75, 3.05) is 18.2 Å². The Balaban J connectivity index is 1.48. The summed E-state index contributed by atoms with van der Waals surface area (Å²) in [5.74, 6) is -1.66. The number of carbonyl (C=O) groups excluding carboxylic acids is 1. The zero-order valence-electron chi connectivity index (χ0n) is 15.7. The van der Waals surface area contributed by atoms with Crippen LogP contribution in [0.4, 0.5) is 14.5 Å². The minimum atomic E-state index is -1.03. The van der Waals surface area contributed by atoms with E-state index < -0.39 is 17.5 Å². The summed E-state index contributed by atoms with van der Waals surface area (Å²) in [6.07, 6.45) is 0. The third-order valence-electron chi connectivity index (χ3n) is 4.16. The Kier molecular flexibility index (Phi) is 5.57. The zero-order chi connectivity index (χ0) is 21.1. The van der Waals surface area contributed by atoms with Gasteiger partial charge in [-0.1, -0.05) is 11.8 Å². The Labute approximate surface area is 174 Å². The predicted molar refractivity (Wildman–Crippen MR) is 108 cm³/mol. The number of ether oxygens (including phenoxy) is 1. The molecule has 0 aliphatic rings. The number of benzene rings is 2. The van der Waals surface area contributed by atoms with Crippen LogP contribution in [0.3, 0.4) is 0 Å². The number of nitrogens with zero attached hydrogens (tertiary/aromatic N) is 4. The molecule has 2 aromatic carbocycles. The van der Waals surface area contributed by atoms with Crippen LogP contribution in [-0.2, 0) is 4.79 Å². The maximum Gasteiger partial charge on any atom is 0.234 e. The monoisotopic (exact) mass is 427 g/mol. The number of hydrogen-bond acceptors (Lipinski definition) is 6. The molecule has 0 fully saturated rings. The van der Waals surface area contributed by atoms with E-state index in [-0.39, 0.29) is 11.4 Å². The lowest BCUT2D eigenvalue weighted by molar-refractivity contribution is -0.113. The molecule has 2 heterocycles. The first-order valence-corrected chi connectivity index (χ1v) is 9.76. The van der Waals surface area contributed by atoms with Gasteiger partial charge in [0.2, 0.25) is 11.1 Å². The van der Waals surface area contributed by atoms with Crippen molar-refractivity contribution in [1.29, 1.82) is 0 Å². The van der Waals surface area contributed by atoms with E-state index in [1.54, 1.807) is 17.7 Å². The van der Waals surface area contributed by atoms with Crippen molar-refractivity contribution >= 4 is 29.0 Å². The molecule has 7 nitrogen and oxygen atoms in total. The molecule has 4 rings (SSSR count). The number of fused-ring (bicyclic) bond motifs is 1. The van der Waals surface area contributed by atoms with E-state index in [1.807, 2.05) is 30.3 Å². The standard InChI is InChI=1S/C20H15F2N5O2S/c1-29-14-5-2-12(3-6-14)17-8-9-18-24-25-20(27(18)26-17)30-11-19(28)23-13-4-7-15(21)16(22)10-13/h2-10H,11H2,1H3,(H,23,28). The molecule has 0 aliphatic carbocycles. The second kappa shape index (κ2) is 8.46. The minimum absolute atomic E-state index is 0.00572. The molecule has 0 bridgehead atoms. The number of hydrogen-bond donors (Lipinski definition) is 1. The average Bonchev–Trinajstić information content (AvgIpc) is 3.17. The molecule has 0 radical (unpaired) electrons. The fourth-order valence-electron chi connectivity index (χ4n) is 2.68. The van der Waals surface area contributed by atoms with Crippen LogP contribution < -0.4 is 10.1 Å². The highest BCUT2D eigenvalue weighted by molar-refractivity contribution is 7.99. The molecule has 0 spiro atoms. The van der Waals surface area contributed by atoms with Crippen LogP contribution in [0.15, 0.2) is 59.8 Å². The molecule has 4 aromatic rings. The lowest BCUT2D eigenvalue weighted by Crippen LogP contribution is -2.14. The highest BCUT2D eigenvalue weighted by Crippen LogP contribution is 2.23. The number of nitrogens with one attached hydrogen (secondary N) is 1. The van der Waals surface area contributed by atoms with Crippen molar-refractivity contribution < 1.29 is 18.3 Å². The lowest BCUT2D eigenvalue weighted by Gasteiger charge is -2.06. The molecule has 2 aromatic heterocycles. The molecule has 0 saturated carbocycles. The van der Waals surface area contributed by atoms with Gasteiger partial charge in [-0.2, -0.15) is 9.61 Å². The summed E-state index contributed by atoms with van der Waals surface area (Å²) in [7, 11) is 1.60. The van der Waals surface area contributed by atoms with Crippen LogP contribution >= 0.6 is 11.8 Å². The van der Waals surface area contributed by atoms with Gasteiger partial charge in [-0.25, -0.2) is 8.78 Å². The van der Waals surface area contributed by atoms with Gasteiger partial charge in [0.1, 0.15) is 5.75 Å². The number of halogens is 2. The fourth-order valence-corrected chi connectivity index (χ4v) is 3.36. The van der Waals surface area contributed by atoms with E-state index in [1.165, 1.54) is 6.07 Å². The van der Waals surface area contributed by atoms with E-state index in [2.05, 4.69) is 20.6 Å². The molecule has 0 saturated heterocycles. The maximum absolute atomic E-state index is 13.3. The summed E-state index contributed by atoms with van der Waals surface area (Å²) in [5.41, 5.74) is 2.30. The molecule has 152 valence electrons. The number of methoxy groups -OCH3 is 1. The maximum atomic E-state index is 13.3. The van der Waals surface area contributed by atoms with Gasteiger partial charge >= 0.3 is 0 Å². The van der Waals surface area contributed by atoms with Crippen LogP contribution in [-0.4, -0.2) is 38.6 Å². The summed E-state index contributed by atoms with van der Waals surface area (Å²) >= 11 is 1.13. The third kappa shape index (κ3) is 4.23. The van der Waals surface area contributed by atoms with Crippen molar-refractivity contribution in [2.24, 2.45) is 0 Å². The molecule has 30 heavy (non-hydrogen) atoms. The number of thioether (sulfide) groups is 1. The van der Waals surface area contributed by atoms with Crippen LogP contribution in [0.1, 0.15) is 0 Å². The van der Waals surface area contributed by atoms with Gasteiger partial charge in [-0.15, -0.1) is 10.2 Å². The van der Waals surface area contributed by atoms with Gasteiger partial charge in [-0.3, -0.25) is 4.79 Å². The number of aromatic nitrogens is 4. The van der Waals surface area contributed by atoms with Crippen LogP contribution in [0.5, 0.6) is 5.75 Å². The molecule has 0 atom stereocenters. The van der Waals surface area contributed by atoms with E-state index in [0.29, 0.717) is 16.5 Å². The van der Waals surface area contributed by atoms with Crippen LogP contribution in [0, 0.1) is 11.6 Å². The molecular weight excluding hydrogens is 412 g/mol. The SMILES string of the molecule is COc1ccc(-c2ccc3nnc(SCC(=O)Nc4ccc(F)c(F)c4)n3n2)cc1. The van der Waals surface area contributed by atoms with Gasteiger partial charge in [0.15, 0.2) is 17.3 Å². The van der Waals surface area contributed by atoms with Crippen LogP contribution in [0.25, 0.3) is 16.9 Å². The molecule has 1 amide bonds. The average molecular weight is 427 g/mol. The first-order chi connectivity index (χ1) is 14.5. The van der Waals surface area contributed by atoms with Gasteiger partial charge in [0.05, 0.1) is 18.6 Å². The number of rotatable bonds is 6. The summed E-state index contributed by atoms with van der Waals surface area (Å²) in [5, 5.41) is 15.6. The zero-order valence-corrected chi connectivity index (χ0v) is 16.5. The third-order valence-corrected chi connectivity index (χ3v) is 5.08. The van der Waals surface area contributed by atoms with Crippen molar-refractivity contribution in [2.45, 2.75) is 5.16 Å². The normalized spacial score (nSPS) is 10.9. The summed E-state index contributed by atoms with van der Waals surface area (Å²) in [6, 6.07) is 14.2. The van der Waals surface area contributed by atoms with Gasteiger partial charge in [0.25, 0.3) is 0 Å². The van der Waals surface area contributed by atoms with Crippen LogP contribution in [0.2, 0.25) is 0 Å². The van der Waals surface area contributed by atoms with Gasteiger partial charge in [-0.05, 0) is 48.5 Å². The number of carbonyl (C=O) groups is 1. The Hall–Kier alpha value is -3.53. The van der Waals surface area contributed by atoms with Crippen molar-refractivity contribution in [3.63, 3.8) is 0 Å². The summed E-state index contributed by atoms with van der Waals surface area (Å²) < 4.78 is 33.0. The number of amides is 1. The summed E-state index contributed by atoms with van der Waals surface area (Å²) in [4.78, 5) is 12.2. The van der Waals surface area contributed by atoms with Crippen molar-refractivity contribution in [3.8, 4) is 17.0 Å². The molecule has 0 aliphatic heterocycles. The minimum Gasteiger partial charge on any atom is -0.497 e. The fraction of sp³-hybridized carbons (Fsp3) is 0.100. The van der Waals surface area contributed by atoms with E-state index in [9.17, 15) is 13.6 Å². The number of anilines is 1. The predicted octanol–water partition coefficient (Wildman–Crippen LogP) is 3.81. The van der Waals surface area contributed by atoms with Gasteiger partial charge < -0.3 is 10.1 Å². The highest BCUT2D eigenvalue weighted by atomic mass is 32.2. The highest BCUT2D eigenvalue weighted by Gasteiger charge is 2.13. The van der Waals surface area contributed by atoms with E-state index in [4.69, 9.17) is 4.74 Å². The van der Waals surface area contributed by atoms with Crippen molar-refractivity contribution in [3.05, 3.63) is 66.2 Å². The second-order valence-corrected chi connectivity index (χ2v) is 7.11. The summed E-state index contributed by atoms with van der Waals surface area (Å²) in [6.45, 7) is 0. The Morgan fingerprint density at radius 2 is 1.87 bits per heavy atom. The van der Waals surface area contributed by atoms with Gasteiger partial charge in [0, 0.05) is 17.3 Å². The van der Waals surface area contributed by atoms with Crippen molar-refractivity contribution in [1.82, 2.24) is 19.8 Å². The van der Waals surface area contributed by atoms with E-state index in [0.717, 1.165) is 35.2 Å². The Morgan fingerprint density at radius 3 is 2.60 bits per heavy atom. The Morgan fingerprint density at radius 1 is 1.07 bits per heavy atom. The smallest absolute Gasteiger partial charge is 0.234 e. The quantitative estimate of drug-likeness (QED) is 0.472. The Bertz CT molecular complexity index is 1210. The molecular formula is C20H15F2N5O2S. The second-order valence-electron chi connectivity index (χ2n) is 6.17. The lowest BCUT2D eigenvalue weighted by atomic mass is 10.1.